The molecule has 1 aromatic heterocycles. The van der Waals surface area contributed by atoms with E-state index in [2.05, 4.69) is 22.0 Å². The number of nitrogens with zero attached hydrogens (tertiary/aromatic N) is 3. The molecule has 0 spiro atoms. The Labute approximate surface area is 75.9 Å². The quantitative estimate of drug-likeness (QED) is 0.739. The van der Waals surface area contributed by atoms with Crippen molar-refractivity contribution < 1.29 is 5.11 Å². The first-order chi connectivity index (χ1) is 5.88. The minimum absolute atomic E-state index is 0.231. The van der Waals surface area contributed by atoms with E-state index in [1.807, 2.05) is 0 Å². The van der Waals surface area contributed by atoms with E-state index in [4.69, 9.17) is 5.11 Å². The first kappa shape index (κ1) is 9.41. The predicted octanol–water partition coefficient (Wildman–Crippen LogP) is 0.747. The minimum Gasteiger partial charge on any atom is -0.396 e. The molecule has 1 N–H and O–H groups in total. The lowest BCUT2D eigenvalue weighted by atomic mass is 10.4. The lowest BCUT2D eigenvalue weighted by Crippen LogP contribution is -2.24. The van der Waals surface area contributed by atoms with Gasteiger partial charge in [0.2, 0.25) is 5.13 Å². The number of aliphatic hydroxyl groups excluding tert-OH is 1. The summed E-state index contributed by atoms with van der Waals surface area (Å²) in [5, 5.41) is 17.3. The number of anilines is 1. The Hall–Kier alpha value is -0.680. The second kappa shape index (κ2) is 5.05. The van der Waals surface area contributed by atoms with Gasteiger partial charge in [-0.25, -0.2) is 0 Å². The number of aliphatic hydroxyl groups is 1. The van der Waals surface area contributed by atoms with Crippen molar-refractivity contribution in [1.29, 1.82) is 0 Å². The van der Waals surface area contributed by atoms with Crippen LogP contribution in [-0.4, -0.2) is 35.0 Å². The molecule has 0 bridgehead atoms. The lowest BCUT2D eigenvalue weighted by Gasteiger charge is -2.17. The Bertz CT molecular complexity index is 202. The molecule has 4 nitrogen and oxygen atoms in total. The molecular weight excluding hydrogens is 174 g/mol. The Morgan fingerprint density at radius 1 is 1.67 bits per heavy atom. The van der Waals surface area contributed by atoms with E-state index in [0.29, 0.717) is 0 Å². The highest BCUT2D eigenvalue weighted by Crippen LogP contribution is 2.14. The van der Waals surface area contributed by atoms with Gasteiger partial charge in [-0.1, -0.05) is 11.3 Å². The Morgan fingerprint density at radius 3 is 3.00 bits per heavy atom. The molecule has 0 amide bonds. The highest BCUT2D eigenvalue weighted by atomic mass is 32.1. The molecule has 0 saturated heterocycles. The molecule has 5 heteroatoms. The molecular formula is C7H13N3OS. The summed E-state index contributed by atoms with van der Waals surface area (Å²) in [6.07, 6.45) is 0.785. The van der Waals surface area contributed by atoms with Crippen LogP contribution in [0.15, 0.2) is 5.51 Å². The highest BCUT2D eigenvalue weighted by Gasteiger charge is 2.05. The third kappa shape index (κ3) is 2.42. The third-order valence-electron chi connectivity index (χ3n) is 1.59. The Morgan fingerprint density at radius 2 is 2.50 bits per heavy atom. The highest BCUT2D eigenvalue weighted by molar-refractivity contribution is 7.13. The molecule has 1 heterocycles. The average molecular weight is 187 g/mol. The zero-order valence-corrected chi connectivity index (χ0v) is 7.92. The van der Waals surface area contributed by atoms with Crippen molar-refractivity contribution in [2.45, 2.75) is 13.3 Å². The first-order valence-electron chi connectivity index (χ1n) is 4.00. The van der Waals surface area contributed by atoms with E-state index >= 15 is 0 Å². The predicted molar refractivity (Wildman–Crippen MR) is 49.5 cm³/mol. The number of aromatic nitrogens is 2. The summed E-state index contributed by atoms with van der Waals surface area (Å²) in [5.41, 5.74) is 1.72. The van der Waals surface area contributed by atoms with Gasteiger partial charge < -0.3 is 10.0 Å². The fourth-order valence-electron chi connectivity index (χ4n) is 0.956. The fraction of sp³-hybridized carbons (Fsp3) is 0.714. The molecule has 68 valence electrons. The van der Waals surface area contributed by atoms with Gasteiger partial charge in [0.05, 0.1) is 0 Å². The summed E-state index contributed by atoms with van der Waals surface area (Å²) in [6.45, 7) is 4.06. The summed E-state index contributed by atoms with van der Waals surface area (Å²) in [6, 6.07) is 0. The van der Waals surface area contributed by atoms with Gasteiger partial charge in [0, 0.05) is 19.7 Å². The van der Waals surface area contributed by atoms with Gasteiger partial charge in [0.15, 0.2) is 0 Å². The number of hydrogen-bond acceptors (Lipinski definition) is 5. The van der Waals surface area contributed by atoms with E-state index in [1.165, 1.54) is 11.3 Å². The molecule has 1 rings (SSSR count). The van der Waals surface area contributed by atoms with Crippen LogP contribution in [-0.2, 0) is 0 Å². The monoisotopic (exact) mass is 187 g/mol. The number of rotatable bonds is 5. The van der Waals surface area contributed by atoms with Gasteiger partial charge in [-0.05, 0) is 13.3 Å². The van der Waals surface area contributed by atoms with Crippen LogP contribution >= 0.6 is 11.3 Å². The van der Waals surface area contributed by atoms with Gasteiger partial charge in [-0.15, -0.1) is 10.2 Å². The minimum atomic E-state index is 0.231. The van der Waals surface area contributed by atoms with Crippen molar-refractivity contribution >= 4 is 16.5 Å². The van der Waals surface area contributed by atoms with Crippen molar-refractivity contribution in [2.24, 2.45) is 0 Å². The molecule has 0 unspecified atom stereocenters. The van der Waals surface area contributed by atoms with E-state index in [1.54, 1.807) is 5.51 Å². The maximum atomic E-state index is 8.65. The second-order valence-electron chi connectivity index (χ2n) is 2.38. The Balaban J connectivity index is 2.45. The third-order valence-corrected chi connectivity index (χ3v) is 2.34. The molecule has 0 radical (unpaired) electrons. The SMILES string of the molecule is CCN(CCCO)c1nncs1. The standard InChI is InChI=1S/C7H13N3OS/c1-2-10(4-3-5-11)7-9-8-6-12-7/h6,11H,2-5H2,1H3. The van der Waals surface area contributed by atoms with Gasteiger partial charge in [-0.2, -0.15) is 0 Å². The Kier molecular flexibility index (Phi) is 3.96. The van der Waals surface area contributed by atoms with Gasteiger partial charge in [0.25, 0.3) is 0 Å². The van der Waals surface area contributed by atoms with Crippen LogP contribution in [0.1, 0.15) is 13.3 Å². The molecule has 0 saturated carbocycles. The van der Waals surface area contributed by atoms with Gasteiger partial charge >= 0.3 is 0 Å². The maximum Gasteiger partial charge on any atom is 0.208 e. The van der Waals surface area contributed by atoms with Crippen molar-refractivity contribution in [3.63, 3.8) is 0 Å². The topological polar surface area (TPSA) is 49.2 Å². The van der Waals surface area contributed by atoms with Crippen molar-refractivity contribution in [2.75, 3.05) is 24.6 Å². The molecule has 0 aliphatic carbocycles. The molecule has 0 aliphatic heterocycles. The molecule has 0 fully saturated rings. The normalized spacial score (nSPS) is 10.2. The fourth-order valence-corrected chi connectivity index (χ4v) is 1.61. The molecule has 0 aromatic carbocycles. The zero-order valence-electron chi connectivity index (χ0n) is 7.10. The van der Waals surface area contributed by atoms with Gasteiger partial charge in [0.1, 0.15) is 5.51 Å². The summed E-state index contributed by atoms with van der Waals surface area (Å²) < 4.78 is 0. The van der Waals surface area contributed by atoms with Crippen LogP contribution in [0.2, 0.25) is 0 Å². The maximum absolute atomic E-state index is 8.65. The summed E-state index contributed by atoms with van der Waals surface area (Å²) >= 11 is 1.53. The average Bonchev–Trinajstić information content (AvgIpc) is 2.59. The number of hydrogen-bond donors (Lipinski definition) is 1. The summed E-state index contributed by atoms with van der Waals surface area (Å²) in [5.74, 6) is 0. The van der Waals surface area contributed by atoms with Gasteiger partial charge in [-0.3, -0.25) is 0 Å². The van der Waals surface area contributed by atoms with Crippen LogP contribution in [0.25, 0.3) is 0 Å². The first-order valence-corrected chi connectivity index (χ1v) is 4.88. The van der Waals surface area contributed by atoms with Crippen molar-refractivity contribution in [3.8, 4) is 0 Å². The smallest absolute Gasteiger partial charge is 0.208 e. The van der Waals surface area contributed by atoms with E-state index in [0.717, 1.165) is 24.6 Å². The van der Waals surface area contributed by atoms with E-state index < -0.39 is 0 Å². The van der Waals surface area contributed by atoms with Crippen LogP contribution < -0.4 is 4.90 Å². The van der Waals surface area contributed by atoms with E-state index in [9.17, 15) is 0 Å². The lowest BCUT2D eigenvalue weighted by molar-refractivity contribution is 0.289. The zero-order chi connectivity index (χ0) is 8.81. The van der Waals surface area contributed by atoms with Crippen molar-refractivity contribution in [1.82, 2.24) is 10.2 Å². The largest absolute Gasteiger partial charge is 0.396 e. The molecule has 12 heavy (non-hydrogen) atoms. The molecule has 0 aliphatic rings. The van der Waals surface area contributed by atoms with Crippen LogP contribution in [0.3, 0.4) is 0 Å². The molecule has 1 aromatic rings. The van der Waals surface area contributed by atoms with E-state index in [-0.39, 0.29) is 6.61 Å². The van der Waals surface area contributed by atoms with Crippen molar-refractivity contribution in [3.05, 3.63) is 5.51 Å². The second-order valence-corrected chi connectivity index (χ2v) is 3.19. The van der Waals surface area contributed by atoms with Crippen LogP contribution in [0, 0.1) is 0 Å². The van der Waals surface area contributed by atoms with Crippen LogP contribution in [0.4, 0.5) is 5.13 Å². The molecule has 0 atom stereocenters. The van der Waals surface area contributed by atoms with Crippen LogP contribution in [0.5, 0.6) is 0 Å². The summed E-state index contributed by atoms with van der Waals surface area (Å²) in [4.78, 5) is 2.11. The summed E-state index contributed by atoms with van der Waals surface area (Å²) in [7, 11) is 0.